The van der Waals surface area contributed by atoms with Gasteiger partial charge < -0.3 is 4.98 Å². The molecule has 0 unspecified atom stereocenters. The van der Waals surface area contributed by atoms with Gasteiger partial charge in [0.05, 0.1) is 18.2 Å². The number of aromatic nitrogens is 2. The number of halogens is 1. The molecule has 0 spiro atoms. The monoisotopic (exact) mass is 142 g/mol. The minimum Gasteiger partial charge on any atom is -0.345 e. The van der Waals surface area contributed by atoms with Crippen LogP contribution in [0.5, 0.6) is 0 Å². The number of hydrogen-bond donors (Lipinski definition) is 1. The molecule has 1 aromatic rings. The topological polar surface area (TPSA) is 28.7 Å². The second-order valence-electron chi connectivity index (χ2n) is 1.70. The molecule has 1 heterocycles. The predicted octanol–water partition coefficient (Wildman–Crippen LogP) is 1.66. The van der Waals surface area contributed by atoms with Crippen molar-refractivity contribution in [2.24, 2.45) is 0 Å². The molecule has 0 aliphatic rings. The van der Waals surface area contributed by atoms with Crippen LogP contribution in [-0.4, -0.2) is 15.8 Å². The molecule has 0 atom stereocenters. The van der Waals surface area contributed by atoms with Crippen molar-refractivity contribution in [2.75, 3.05) is 5.88 Å². The van der Waals surface area contributed by atoms with Crippen molar-refractivity contribution in [1.82, 2.24) is 9.97 Å². The number of nitrogens with zero attached hydrogens (tertiary/aromatic N) is 1. The SMILES string of the molecule is C=C(CCl)c1cnc[nH]1. The molecule has 48 valence electrons. The Hall–Kier alpha value is -0.760. The van der Waals surface area contributed by atoms with Crippen LogP contribution in [0.3, 0.4) is 0 Å². The Balaban J connectivity index is 2.77. The van der Waals surface area contributed by atoms with E-state index in [0.29, 0.717) is 5.88 Å². The quantitative estimate of drug-likeness (QED) is 0.626. The highest BCUT2D eigenvalue weighted by Crippen LogP contribution is 2.07. The fraction of sp³-hybridized carbons (Fsp3) is 0.167. The van der Waals surface area contributed by atoms with Gasteiger partial charge in [-0.05, 0) is 5.57 Å². The molecule has 1 aromatic heterocycles. The minimum absolute atomic E-state index is 0.447. The van der Waals surface area contributed by atoms with Crippen molar-refractivity contribution in [2.45, 2.75) is 0 Å². The number of imidazole rings is 1. The summed E-state index contributed by atoms with van der Waals surface area (Å²) < 4.78 is 0. The van der Waals surface area contributed by atoms with Crippen molar-refractivity contribution in [3.63, 3.8) is 0 Å². The zero-order valence-corrected chi connectivity index (χ0v) is 5.65. The molecule has 1 N–H and O–H groups in total. The highest BCUT2D eigenvalue weighted by atomic mass is 35.5. The Bertz CT molecular complexity index is 191. The molecule has 1 rings (SSSR count). The first-order valence-corrected chi connectivity index (χ1v) is 3.10. The van der Waals surface area contributed by atoms with Crippen LogP contribution in [0.25, 0.3) is 5.57 Å². The van der Waals surface area contributed by atoms with Gasteiger partial charge in [-0.15, -0.1) is 11.6 Å². The van der Waals surface area contributed by atoms with E-state index < -0.39 is 0 Å². The molecule has 0 fully saturated rings. The molecule has 0 radical (unpaired) electrons. The summed E-state index contributed by atoms with van der Waals surface area (Å²) in [6.07, 6.45) is 3.30. The molecule has 9 heavy (non-hydrogen) atoms. The zero-order chi connectivity index (χ0) is 6.69. The van der Waals surface area contributed by atoms with E-state index in [-0.39, 0.29) is 0 Å². The number of alkyl halides is 1. The Morgan fingerprint density at radius 2 is 2.67 bits per heavy atom. The standard InChI is InChI=1S/C6H7ClN2/c1-5(2-7)6-3-8-4-9-6/h3-4H,1-2H2,(H,8,9). The lowest BCUT2D eigenvalue weighted by atomic mass is 10.3. The first-order chi connectivity index (χ1) is 4.34. The third-order valence-corrected chi connectivity index (χ3v) is 1.36. The van der Waals surface area contributed by atoms with Crippen LogP contribution in [-0.2, 0) is 0 Å². The normalized spacial score (nSPS) is 9.44. The smallest absolute Gasteiger partial charge is 0.0924 e. The van der Waals surface area contributed by atoms with Gasteiger partial charge in [0.25, 0.3) is 0 Å². The van der Waals surface area contributed by atoms with E-state index in [9.17, 15) is 0 Å². The highest BCUT2D eigenvalue weighted by molar-refractivity contribution is 6.22. The second kappa shape index (κ2) is 2.69. The van der Waals surface area contributed by atoms with Crippen LogP contribution in [0, 0.1) is 0 Å². The van der Waals surface area contributed by atoms with Gasteiger partial charge in [-0.3, -0.25) is 0 Å². The van der Waals surface area contributed by atoms with E-state index >= 15 is 0 Å². The fourth-order valence-corrected chi connectivity index (χ4v) is 0.665. The summed E-state index contributed by atoms with van der Waals surface area (Å²) in [5.74, 6) is 0.447. The van der Waals surface area contributed by atoms with Gasteiger partial charge in [-0.1, -0.05) is 6.58 Å². The number of H-pyrrole nitrogens is 1. The van der Waals surface area contributed by atoms with E-state index in [1.54, 1.807) is 12.5 Å². The molecule has 0 aliphatic heterocycles. The average Bonchev–Trinajstić information content (AvgIpc) is 2.37. The Morgan fingerprint density at radius 1 is 1.89 bits per heavy atom. The molecule has 0 bridgehead atoms. The van der Waals surface area contributed by atoms with Crippen LogP contribution in [0.4, 0.5) is 0 Å². The Kier molecular flexibility index (Phi) is 1.90. The summed E-state index contributed by atoms with van der Waals surface area (Å²) in [4.78, 5) is 6.71. The predicted molar refractivity (Wildman–Crippen MR) is 38.3 cm³/mol. The summed E-state index contributed by atoms with van der Waals surface area (Å²) in [6, 6.07) is 0. The molecule has 0 saturated carbocycles. The number of allylic oxidation sites excluding steroid dienone is 1. The lowest BCUT2D eigenvalue weighted by Crippen LogP contribution is -1.81. The maximum absolute atomic E-state index is 5.50. The number of nitrogens with one attached hydrogen (secondary N) is 1. The summed E-state index contributed by atoms with van der Waals surface area (Å²) in [7, 11) is 0. The van der Waals surface area contributed by atoms with Crippen LogP contribution in [0.2, 0.25) is 0 Å². The zero-order valence-electron chi connectivity index (χ0n) is 4.89. The van der Waals surface area contributed by atoms with Gasteiger partial charge >= 0.3 is 0 Å². The summed E-state index contributed by atoms with van der Waals surface area (Å²) in [6.45, 7) is 3.71. The summed E-state index contributed by atoms with van der Waals surface area (Å²) >= 11 is 5.50. The third kappa shape index (κ3) is 1.33. The second-order valence-corrected chi connectivity index (χ2v) is 1.97. The molecular formula is C6H7ClN2. The first kappa shape index (κ1) is 6.36. The van der Waals surface area contributed by atoms with Gasteiger partial charge in [0.2, 0.25) is 0 Å². The van der Waals surface area contributed by atoms with E-state index in [1.807, 2.05) is 0 Å². The third-order valence-electron chi connectivity index (χ3n) is 1.04. The molecule has 2 nitrogen and oxygen atoms in total. The highest BCUT2D eigenvalue weighted by Gasteiger charge is 1.95. The molecule has 0 aromatic carbocycles. The van der Waals surface area contributed by atoms with E-state index in [1.165, 1.54) is 0 Å². The van der Waals surface area contributed by atoms with Gasteiger partial charge in [0.15, 0.2) is 0 Å². The van der Waals surface area contributed by atoms with Crippen LogP contribution >= 0.6 is 11.6 Å². The number of aromatic amines is 1. The lowest BCUT2D eigenvalue weighted by molar-refractivity contribution is 1.30. The molecule has 0 amide bonds. The van der Waals surface area contributed by atoms with Crippen molar-refractivity contribution in [1.29, 1.82) is 0 Å². The summed E-state index contributed by atoms with van der Waals surface area (Å²) in [5.41, 5.74) is 1.78. The van der Waals surface area contributed by atoms with Gasteiger partial charge in [-0.25, -0.2) is 4.98 Å². The van der Waals surface area contributed by atoms with E-state index in [2.05, 4.69) is 16.5 Å². The van der Waals surface area contributed by atoms with Crippen LogP contribution < -0.4 is 0 Å². The minimum atomic E-state index is 0.447. The fourth-order valence-electron chi connectivity index (χ4n) is 0.521. The lowest BCUT2D eigenvalue weighted by Gasteiger charge is -1.92. The summed E-state index contributed by atoms with van der Waals surface area (Å²) in [5, 5.41) is 0. The maximum Gasteiger partial charge on any atom is 0.0924 e. The van der Waals surface area contributed by atoms with Crippen molar-refractivity contribution in [3.8, 4) is 0 Å². The molecule has 0 aliphatic carbocycles. The van der Waals surface area contributed by atoms with Gasteiger partial charge in [-0.2, -0.15) is 0 Å². The average molecular weight is 143 g/mol. The van der Waals surface area contributed by atoms with Crippen LogP contribution in [0.1, 0.15) is 5.69 Å². The number of hydrogen-bond acceptors (Lipinski definition) is 1. The molecular weight excluding hydrogens is 136 g/mol. The Morgan fingerprint density at radius 3 is 3.11 bits per heavy atom. The Labute approximate surface area is 58.6 Å². The molecule has 0 saturated heterocycles. The van der Waals surface area contributed by atoms with Gasteiger partial charge in [0, 0.05) is 5.88 Å². The van der Waals surface area contributed by atoms with Crippen LogP contribution in [0.15, 0.2) is 19.1 Å². The maximum atomic E-state index is 5.50. The van der Waals surface area contributed by atoms with E-state index in [4.69, 9.17) is 11.6 Å². The van der Waals surface area contributed by atoms with E-state index in [0.717, 1.165) is 11.3 Å². The van der Waals surface area contributed by atoms with Gasteiger partial charge in [0.1, 0.15) is 0 Å². The van der Waals surface area contributed by atoms with Crippen molar-refractivity contribution >= 4 is 17.2 Å². The first-order valence-electron chi connectivity index (χ1n) is 2.57. The molecule has 3 heteroatoms. The van der Waals surface area contributed by atoms with Crippen molar-refractivity contribution in [3.05, 3.63) is 24.8 Å². The number of rotatable bonds is 2. The largest absolute Gasteiger partial charge is 0.345 e. The van der Waals surface area contributed by atoms with Crippen molar-refractivity contribution < 1.29 is 0 Å².